The summed E-state index contributed by atoms with van der Waals surface area (Å²) in [5.74, 6) is 1.39. The van der Waals surface area contributed by atoms with E-state index in [9.17, 15) is 10.1 Å². The van der Waals surface area contributed by atoms with Gasteiger partial charge in [-0.1, -0.05) is 43.8 Å². The molecule has 0 spiro atoms. The first-order chi connectivity index (χ1) is 14.1. The molecule has 6 nitrogen and oxygen atoms in total. The van der Waals surface area contributed by atoms with Crippen molar-refractivity contribution in [3.63, 3.8) is 0 Å². The van der Waals surface area contributed by atoms with Crippen LogP contribution in [-0.2, 0) is 4.74 Å². The average molecular weight is 430 g/mol. The van der Waals surface area contributed by atoms with Gasteiger partial charge in [-0.3, -0.25) is 10.1 Å². The van der Waals surface area contributed by atoms with Crippen molar-refractivity contribution in [1.82, 2.24) is 4.90 Å². The fourth-order valence-electron chi connectivity index (χ4n) is 3.83. The van der Waals surface area contributed by atoms with Crippen LogP contribution in [0.5, 0.6) is 0 Å². The first-order valence-electron chi connectivity index (χ1n) is 10.4. The number of benzene rings is 2. The number of thioether (sulfide) groups is 1. The fourth-order valence-corrected chi connectivity index (χ4v) is 5.14. The second-order valence-corrected chi connectivity index (χ2v) is 10.1. The molecule has 7 heteroatoms. The molecule has 1 fully saturated rings. The topological polar surface area (TPSA) is 68.0 Å². The van der Waals surface area contributed by atoms with Crippen molar-refractivity contribution in [2.24, 2.45) is 10.9 Å². The van der Waals surface area contributed by atoms with Gasteiger partial charge in [0.15, 0.2) is 5.17 Å². The summed E-state index contributed by atoms with van der Waals surface area (Å²) in [6.07, 6.45) is 0.0672. The molecule has 2 aromatic rings. The largest absolute Gasteiger partial charge is 0.371 e. The number of aliphatic imine (C=N–C) groups is 1. The van der Waals surface area contributed by atoms with Crippen molar-refractivity contribution < 1.29 is 9.66 Å². The molecule has 1 aliphatic heterocycles. The molecule has 1 saturated heterocycles. The maximum atomic E-state index is 11.4. The van der Waals surface area contributed by atoms with Gasteiger partial charge in [0.2, 0.25) is 0 Å². The van der Waals surface area contributed by atoms with Crippen LogP contribution in [0.3, 0.4) is 0 Å². The number of hydrogen-bond donors (Lipinski definition) is 0. The molecular weight excluding hydrogens is 398 g/mol. The molecule has 0 saturated carbocycles. The van der Waals surface area contributed by atoms with Gasteiger partial charge in [0.1, 0.15) is 0 Å². The van der Waals surface area contributed by atoms with E-state index in [0.29, 0.717) is 11.3 Å². The van der Waals surface area contributed by atoms with E-state index in [1.54, 1.807) is 30.0 Å². The van der Waals surface area contributed by atoms with E-state index in [-0.39, 0.29) is 28.4 Å². The zero-order valence-electron chi connectivity index (χ0n) is 18.6. The monoisotopic (exact) mass is 429 g/mol. The first-order valence-corrected chi connectivity index (χ1v) is 11.4. The molecule has 0 radical (unpaired) electrons. The molecule has 1 heterocycles. The summed E-state index contributed by atoms with van der Waals surface area (Å²) < 4.78 is 6.26. The Balaban J connectivity index is 2.00. The molecule has 0 amide bonds. The van der Waals surface area contributed by atoms with Crippen LogP contribution in [0.1, 0.15) is 41.5 Å². The van der Waals surface area contributed by atoms with E-state index in [2.05, 4.69) is 46.4 Å². The average Bonchev–Trinajstić information content (AvgIpc) is 3.02. The van der Waals surface area contributed by atoms with Crippen LogP contribution in [0, 0.1) is 16.0 Å². The Hall–Kier alpha value is -2.12. The van der Waals surface area contributed by atoms with Gasteiger partial charge in [0.25, 0.3) is 5.69 Å². The predicted molar refractivity (Wildman–Crippen MR) is 126 cm³/mol. The third kappa shape index (κ3) is 5.13. The maximum Gasteiger partial charge on any atom is 0.277 e. The van der Waals surface area contributed by atoms with Crippen LogP contribution in [0.2, 0.25) is 0 Å². The molecular formula is C23H31N3O3S. The number of rotatable bonds is 6. The number of non-ortho nitro benzene ring substituents is 1. The van der Waals surface area contributed by atoms with Crippen molar-refractivity contribution in [1.29, 1.82) is 0 Å². The highest BCUT2D eigenvalue weighted by Gasteiger charge is 2.36. The normalized spacial score (nSPS) is 19.8. The van der Waals surface area contributed by atoms with Crippen LogP contribution in [0.4, 0.5) is 11.4 Å². The summed E-state index contributed by atoms with van der Waals surface area (Å²) in [4.78, 5) is 18.4. The molecule has 2 unspecified atom stereocenters. The lowest BCUT2D eigenvalue weighted by Crippen LogP contribution is -2.46. The zero-order valence-corrected chi connectivity index (χ0v) is 19.4. The molecule has 30 heavy (non-hydrogen) atoms. The zero-order chi connectivity index (χ0) is 22.1. The summed E-state index contributed by atoms with van der Waals surface area (Å²) in [5, 5.41) is 13.8. The summed E-state index contributed by atoms with van der Waals surface area (Å²) in [6, 6.07) is 10.9. The number of amidine groups is 1. The van der Waals surface area contributed by atoms with E-state index in [0.717, 1.165) is 28.5 Å². The van der Waals surface area contributed by atoms with Crippen LogP contribution < -0.4 is 0 Å². The van der Waals surface area contributed by atoms with Crippen molar-refractivity contribution in [2.45, 2.75) is 59.3 Å². The number of nitro benzene ring substituents is 1. The second kappa shape index (κ2) is 8.94. The Morgan fingerprint density at radius 1 is 1.20 bits per heavy atom. The highest BCUT2D eigenvalue weighted by Crippen LogP contribution is 2.36. The SMILES string of the molecule is CC(C)CN1C(=Nc2ccc([N+](=O)[O-])c3ccccc23)SCC1C(C)OC(C)(C)C. The summed E-state index contributed by atoms with van der Waals surface area (Å²) >= 11 is 1.73. The maximum absolute atomic E-state index is 11.4. The van der Waals surface area contributed by atoms with E-state index in [1.807, 2.05) is 18.2 Å². The van der Waals surface area contributed by atoms with Crippen molar-refractivity contribution >= 4 is 39.1 Å². The number of nitro groups is 1. The minimum Gasteiger partial charge on any atom is -0.371 e. The van der Waals surface area contributed by atoms with Crippen LogP contribution in [-0.4, -0.2) is 45.0 Å². The first kappa shape index (κ1) is 22.6. The number of nitrogens with zero attached hydrogens (tertiary/aromatic N) is 3. The van der Waals surface area contributed by atoms with Crippen LogP contribution in [0.25, 0.3) is 10.8 Å². The third-order valence-electron chi connectivity index (χ3n) is 4.96. The van der Waals surface area contributed by atoms with Gasteiger partial charge in [-0.25, -0.2) is 4.99 Å². The van der Waals surface area contributed by atoms with Gasteiger partial charge >= 0.3 is 0 Å². The minimum absolute atomic E-state index is 0.0672. The highest BCUT2D eigenvalue weighted by molar-refractivity contribution is 8.14. The van der Waals surface area contributed by atoms with Crippen molar-refractivity contribution in [2.75, 3.05) is 12.3 Å². The highest BCUT2D eigenvalue weighted by atomic mass is 32.2. The molecule has 2 aromatic carbocycles. The van der Waals surface area contributed by atoms with E-state index in [4.69, 9.17) is 9.73 Å². The Kier molecular flexibility index (Phi) is 6.72. The van der Waals surface area contributed by atoms with Gasteiger partial charge in [-0.05, 0) is 45.7 Å². The summed E-state index contributed by atoms with van der Waals surface area (Å²) in [6.45, 7) is 13.7. The molecule has 0 aromatic heterocycles. The van der Waals surface area contributed by atoms with Gasteiger partial charge in [0, 0.05) is 23.8 Å². The third-order valence-corrected chi connectivity index (χ3v) is 6.06. The molecule has 0 aliphatic carbocycles. The number of ether oxygens (including phenoxy) is 1. The Labute approximate surface area is 182 Å². The van der Waals surface area contributed by atoms with Gasteiger partial charge in [-0.15, -0.1) is 0 Å². The summed E-state index contributed by atoms with van der Waals surface area (Å²) in [5.41, 5.74) is 0.664. The van der Waals surface area contributed by atoms with Crippen LogP contribution >= 0.6 is 11.8 Å². The lowest BCUT2D eigenvalue weighted by atomic mass is 10.1. The van der Waals surface area contributed by atoms with Crippen molar-refractivity contribution in [3.8, 4) is 0 Å². The van der Waals surface area contributed by atoms with E-state index in [1.165, 1.54) is 0 Å². The second-order valence-electron chi connectivity index (χ2n) is 9.16. The van der Waals surface area contributed by atoms with E-state index >= 15 is 0 Å². The molecule has 0 bridgehead atoms. The van der Waals surface area contributed by atoms with E-state index < -0.39 is 0 Å². The smallest absolute Gasteiger partial charge is 0.277 e. The van der Waals surface area contributed by atoms with Gasteiger partial charge in [0.05, 0.1) is 33.7 Å². The van der Waals surface area contributed by atoms with Gasteiger partial charge < -0.3 is 9.64 Å². The molecule has 2 atom stereocenters. The Morgan fingerprint density at radius 3 is 2.47 bits per heavy atom. The van der Waals surface area contributed by atoms with Crippen LogP contribution in [0.15, 0.2) is 41.4 Å². The summed E-state index contributed by atoms with van der Waals surface area (Å²) in [7, 11) is 0. The van der Waals surface area contributed by atoms with Crippen molar-refractivity contribution in [3.05, 3.63) is 46.5 Å². The molecule has 3 rings (SSSR count). The molecule has 0 N–H and O–H groups in total. The predicted octanol–water partition coefficient (Wildman–Crippen LogP) is 6.01. The Morgan fingerprint density at radius 2 is 1.87 bits per heavy atom. The lowest BCUT2D eigenvalue weighted by Gasteiger charge is -2.35. The lowest BCUT2D eigenvalue weighted by molar-refractivity contribution is -0.383. The van der Waals surface area contributed by atoms with Gasteiger partial charge in [-0.2, -0.15) is 0 Å². The minimum atomic E-state index is -0.337. The number of fused-ring (bicyclic) bond motifs is 1. The fraction of sp³-hybridized carbons (Fsp3) is 0.522. The molecule has 1 aliphatic rings. The Bertz CT molecular complexity index is 952. The number of hydrogen-bond acceptors (Lipinski definition) is 5. The molecule has 162 valence electrons. The quantitative estimate of drug-likeness (QED) is 0.415. The standard InChI is InChI=1S/C23H31N3O3S/c1-15(2)13-25-21(16(3)29-23(4,5)6)14-30-22(25)24-19-11-12-20(26(27)28)18-10-8-7-9-17(18)19/h7-12,15-16,21H,13-14H2,1-6H3.